The van der Waals surface area contributed by atoms with Crippen LogP contribution >= 0.6 is 28.6 Å². The number of halogens is 1. The van der Waals surface area contributed by atoms with Gasteiger partial charge in [-0.3, -0.25) is 0 Å². The third kappa shape index (κ3) is 2.77. The molecule has 0 aliphatic heterocycles. The number of ether oxygens (including phenoxy) is 1. The molecule has 1 aromatic carbocycles. The molecule has 0 heterocycles. The van der Waals surface area contributed by atoms with Crippen molar-refractivity contribution in [2.45, 2.75) is 17.1 Å². The summed E-state index contributed by atoms with van der Waals surface area (Å²) in [5, 5.41) is 9.38. The molecule has 0 unspecified atom stereocenters. The van der Waals surface area contributed by atoms with Crippen molar-refractivity contribution >= 4 is 34.5 Å². The Kier molecular flexibility index (Phi) is 4.84. The molecular weight excluding hydrogens is 290 g/mol. The molecule has 0 bridgehead atoms. The van der Waals surface area contributed by atoms with Gasteiger partial charge in [-0.15, -0.1) is 12.6 Å². The van der Waals surface area contributed by atoms with Crippen molar-refractivity contribution in [3.05, 3.63) is 28.8 Å². The number of carbonyl (C=O) groups is 1. The van der Waals surface area contributed by atoms with E-state index in [1.165, 1.54) is 6.07 Å². The van der Waals surface area contributed by atoms with Gasteiger partial charge in [-0.25, -0.2) is 4.79 Å². The van der Waals surface area contributed by atoms with Crippen LogP contribution in [0.1, 0.15) is 28.4 Å². The molecule has 1 aromatic rings. The molecule has 0 N–H and O–H groups in total. The SMILES string of the molecule is CCOC(=O)c1cc(C#N)cc(CBr)c1S. The number of nitrogens with zero attached hydrogens (tertiary/aromatic N) is 1. The maximum Gasteiger partial charge on any atom is 0.339 e. The lowest BCUT2D eigenvalue weighted by Gasteiger charge is -2.08. The van der Waals surface area contributed by atoms with Crippen molar-refractivity contribution in [1.82, 2.24) is 0 Å². The summed E-state index contributed by atoms with van der Waals surface area (Å²) in [6.07, 6.45) is 0. The van der Waals surface area contributed by atoms with Crippen LogP contribution in [-0.2, 0) is 10.1 Å². The minimum Gasteiger partial charge on any atom is -0.462 e. The van der Waals surface area contributed by atoms with E-state index in [2.05, 4.69) is 28.6 Å². The Labute approximate surface area is 108 Å². The van der Waals surface area contributed by atoms with Crippen LogP contribution in [0.25, 0.3) is 0 Å². The quantitative estimate of drug-likeness (QED) is 0.530. The molecule has 0 aliphatic carbocycles. The Morgan fingerprint density at radius 2 is 2.31 bits per heavy atom. The average Bonchev–Trinajstić information content (AvgIpc) is 2.29. The number of alkyl halides is 1. The van der Waals surface area contributed by atoms with Gasteiger partial charge in [-0.1, -0.05) is 15.9 Å². The third-order valence-electron chi connectivity index (χ3n) is 1.96. The molecule has 84 valence electrons. The first-order chi connectivity index (χ1) is 7.63. The van der Waals surface area contributed by atoms with Crippen LogP contribution in [0.5, 0.6) is 0 Å². The Morgan fingerprint density at radius 1 is 1.62 bits per heavy atom. The molecule has 0 spiro atoms. The largest absolute Gasteiger partial charge is 0.462 e. The van der Waals surface area contributed by atoms with Gasteiger partial charge >= 0.3 is 5.97 Å². The highest BCUT2D eigenvalue weighted by molar-refractivity contribution is 9.08. The van der Waals surface area contributed by atoms with Gasteiger partial charge in [0.15, 0.2) is 0 Å². The summed E-state index contributed by atoms with van der Waals surface area (Å²) < 4.78 is 4.90. The molecule has 5 heteroatoms. The summed E-state index contributed by atoms with van der Waals surface area (Å²) in [4.78, 5) is 12.2. The number of rotatable bonds is 3. The molecule has 0 saturated heterocycles. The highest BCUT2D eigenvalue weighted by Crippen LogP contribution is 2.24. The number of hydrogen-bond donors (Lipinski definition) is 1. The first kappa shape index (κ1) is 13.1. The Balaban J connectivity index is 3.27. The van der Waals surface area contributed by atoms with Crippen molar-refractivity contribution in [1.29, 1.82) is 5.26 Å². The fourth-order valence-electron chi connectivity index (χ4n) is 1.23. The van der Waals surface area contributed by atoms with Gasteiger partial charge in [0.05, 0.1) is 23.8 Å². The van der Waals surface area contributed by atoms with Crippen LogP contribution in [0, 0.1) is 11.3 Å². The van der Waals surface area contributed by atoms with Crippen LogP contribution in [-0.4, -0.2) is 12.6 Å². The summed E-state index contributed by atoms with van der Waals surface area (Å²) >= 11 is 7.55. The predicted octanol–water partition coefficient (Wildman–Crippen LogP) is 2.92. The smallest absolute Gasteiger partial charge is 0.339 e. The van der Waals surface area contributed by atoms with Crippen molar-refractivity contribution in [3.8, 4) is 6.07 Å². The number of thiol groups is 1. The number of carbonyl (C=O) groups excluding carboxylic acids is 1. The maximum absolute atomic E-state index is 11.6. The predicted molar refractivity (Wildman–Crippen MR) is 67.0 cm³/mol. The summed E-state index contributed by atoms with van der Waals surface area (Å²) in [5.74, 6) is -0.452. The molecule has 0 amide bonds. The molecule has 1 rings (SSSR count). The van der Waals surface area contributed by atoms with Crippen LogP contribution in [0.4, 0.5) is 0 Å². The molecule has 16 heavy (non-hydrogen) atoms. The van der Waals surface area contributed by atoms with Gasteiger partial charge in [-0.2, -0.15) is 5.26 Å². The Hall–Kier alpha value is -0.990. The molecule has 0 radical (unpaired) electrons. The molecule has 0 aliphatic rings. The van der Waals surface area contributed by atoms with Gasteiger partial charge in [-0.05, 0) is 24.6 Å². The summed E-state index contributed by atoms with van der Waals surface area (Å²) in [6, 6.07) is 5.19. The minimum absolute atomic E-state index is 0.298. The lowest BCUT2D eigenvalue weighted by molar-refractivity contribution is 0.0522. The molecule has 0 saturated carbocycles. The first-order valence-corrected chi connectivity index (χ1v) is 6.20. The van der Waals surface area contributed by atoms with Crippen molar-refractivity contribution in [3.63, 3.8) is 0 Å². The van der Waals surface area contributed by atoms with Crippen molar-refractivity contribution in [2.75, 3.05) is 6.61 Å². The summed E-state index contributed by atoms with van der Waals surface area (Å²) in [5.41, 5.74) is 1.56. The molecule has 0 atom stereocenters. The third-order valence-corrected chi connectivity index (χ3v) is 3.09. The normalized spacial score (nSPS) is 9.62. The standard InChI is InChI=1S/C11H10BrNO2S/c1-2-15-11(14)9-4-7(6-13)3-8(5-12)10(9)16/h3-4,16H,2,5H2,1H3. The van der Waals surface area contributed by atoms with Crippen LogP contribution in [0.2, 0.25) is 0 Å². The molecule has 3 nitrogen and oxygen atoms in total. The van der Waals surface area contributed by atoms with E-state index >= 15 is 0 Å². The van der Waals surface area contributed by atoms with Gasteiger partial charge in [0.2, 0.25) is 0 Å². The van der Waals surface area contributed by atoms with E-state index in [1.54, 1.807) is 13.0 Å². The Bertz CT molecular complexity index is 454. The van der Waals surface area contributed by atoms with E-state index < -0.39 is 5.97 Å². The van der Waals surface area contributed by atoms with Crippen molar-refractivity contribution in [2.24, 2.45) is 0 Å². The highest BCUT2D eigenvalue weighted by atomic mass is 79.9. The highest BCUT2D eigenvalue weighted by Gasteiger charge is 2.15. The molecular formula is C11H10BrNO2S. The number of nitriles is 1. The Morgan fingerprint density at radius 3 is 2.81 bits per heavy atom. The van der Waals surface area contributed by atoms with Crippen LogP contribution in [0.15, 0.2) is 17.0 Å². The second-order valence-corrected chi connectivity index (χ2v) is 4.01. The van der Waals surface area contributed by atoms with E-state index in [0.717, 1.165) is 5.56 Å². The van der Waals surface area contributed by atoms with Gasteiger partial charge in [0, 0.05) is 10.2 Å². The second-order valence-electron chi connectivity index (χ2n) is 3.00. The van der Waals surface area contributed by atoms with E-state index in [0.29, 0.717) is 28.0 Å². The monoisotopic (exact) mass is 299 g/mol. The van der Waals surface area contributed by atoms with Crippen LogP contribution < -0.4 is 0 Å². The van der Waals surface area contributed by atoms with Gasteiger partial charge < -0.3 is 4.74 Å². The minimum atomic E-state index is -0.452. The zero-order valence-corrected chi connectivity index (χ0v) is 11.1. The van der Waals surface area contributed by atoms with Crippen molar-refractivity contribution < 1.29 is 9.53 Å². The summed E-state index contributed by atoms with van der Waals surface area (Å²) in [7, 11) is 0. The fourth-order valence-corrected chi connectivity index (χ4v) is 2.18. The zero-order valence-electron chi connectivity index (χ0n) is 8.66. The van der Waals surface area contributed by atoms with E-state index in [1.807, 2.05) is 6.07 Å². The lowest BCUT2D eigenvalue weighted by Crippen LogP contribution is -2.07. The van der Waals surface area contributed by atoms with Gasteiger partial charge in [0.1, 0.15) is 0 Å². The molecule has 0 fully saturated rings. The number of esters is 1. The lowest BCUT2D eigenvalue weighted by atomic mass is 10.1. The fraction of sp³-hybridized carbons (Fsp3) is 0.273. The molecule has 0 aromatic heterocycles. The number of benzene rings is 1. The number of hydrogen-bond acceptors (Lipinski definition) is 4. The summed E-state index contributed by atoms with van der Waals surface area (Å²) in [6.45, 7) is 2.03. The van der Waals surface area contributed by atoms with Gasteiger partial charge in [0.25, 0.3) is 0 Å². The van der Waals surface area contributed by atoms with E-state index in [9.17, 15) is 4.79 Å². The van der Waals surface area contributed by atoms with E-state index in [4.69, 9.17) is 10.00 Å². The topological polar surface area (TPSA) is 50.1 Å². The maximum atomic E-state index is 11.6. The van der Waals surface area contributed by atoms with E-state index in [-0.39, 0.29) is 0 Å². The zero-order chi connectivity index (χ0) is 12.1. The second kappa shape index (κ2) is 5.92. The average molecular weight is 300 g/mol. The van der Waals surface area contributed by atoms with Crippen LogP contribution in [0.3, 0.4) is 0 Å². The first-order valence-electron chi connectivity index (χ1n) is 4.63.